The molecule has 0 unspecified atom stereocenters. The predicted molar refractivity (Wildman–Crippen MR) is 125 cm³/mol. The summed E-state index contributed by atoms with van der Waals surface area (Å²) in [4.78, 5) is 23.9. The van der Waals surface area contributed by atoms with E-state index in [0.717, 1.165) is 30.2 Å². The van der Waals surface area contributed by atoms with E-state index in [2.05, 4.69) is 37.4 Å². The molecule has 4 rings (SSSR count). The second kappa shape index (κ2) is 10.3. The molecule has 0 radical (unpaired) electrons. The first kappa shape index (κ1) is 22.5. The Hall–Kier alpha value is -2.65. The summed E-state index contributed by atoms with van der Waals surface area (Å²) < 4.78 is 7.01. The molecule has 1 N–H and O–H groups in total. The molecular formula is C23H30N6O2S. The summed E-state index contributed by atoms with van der Waals surface area (Å²) in [6.45, 7) is 6.58. The normalized spacial score (nSPS) is 15.6. The van der Waals surface area contributed by atoms with E-state index in [4.69, 9.17) is 4.74 Å². The van der Waals surface area contributed by atoms with Crippen molar-refractivity contribution in [2.45, 2.75) is 44.3 Å². The number of nitrogens with one attached hydrogen (secondary N) is 1. The number of amides is 1. The average Bonchev–Trinajstić information content (AvgIpc) is 3.22. The van der Waals surface area contributed by atoms with Gasteiger partial charge in [-0.25, -0.2) is 9.50 Å². The van der Waals surface area contributed by atoms with Crippen molar-refractivity contribution in [3.05, 3.63) is 47.3 Å². The summed E-state index contributed by atoms with van der Waals surface area (Å²) in [5, 5.41) is 8.14. The number of nitrogens with zero attached hydrogens (tertiary/aromatic N) is 5. The fraction of sp³-hybridized carbons (Fsp3) is 0.478. The highest BCUT2D eigenvalue weighted by molar-refractivity contribution is 7.99. The van der Waals surface area contributed by atoms with Gasteiger partial charge < -0.3 is 10.1 Å². The van der Waals surface area contributed by atoms with Gasteiger partial charge in [0.1, 0.15) is 5.75 Å². The van der Waals surface area contributed by atoms with Crippen molar-refractivity contribution in [3.8, 4) is 5.75 Å². The van der Waals surface area contributed by atoms with Crippen LogP contribution in [0.5, 0.6) is 5.75 Å². The molecule has 1 fully saturated rings. The van der Waals surface area contributed by atoms with E-state index in [9.17, 15) is 4.79 Å². The second-order valence-electron chi connectivity index (χ2n) is 8.12. The summed E-state index contributed by atoms with van der Waals surface area (Å²) in [7, 11) is 1.67. The lowest BCUT2D eigenvalue weighted by atomic mass is 10.0. The van der Waals surface area contributed by atoms with E-state index < -0.39 is 0 Å². The molecule has 1 aromatic carbocycles. The van der Waals surface area contributed by atoms with Crippen molar-refractivity contribution in [2.75, 3.05) is 32.5 Å². The molecule has 1 amide bonds. The van der Waals surface area contributed by atoms with Crippen molar-refractivity contribution >= 4 is 23.4 Å². The van der Waals surface area contributed by atoms with Crippen molar-refractivity contribution < 1.29 is 9.53 Å². The number of thioether (sulfide) groups is 1. The number of carbonyl (C=O) groups excluding carboxylic acids is 1. The van der Waals surface area contributed by atoms with Crippen LogP contribution in [0.4, 0.5) is 0 Å². The Morgan fingerprint density at radius 1 is 1.16 bits per heavy atom. The van der Waals surface area contributed by atoms with Gasteiger partial charge in [-0.15, -0.1) is 5.10 Å². The number of aromatic nitrogens is 4. The lowest BCUT2D eigenvalue weighted by Crippen LogP contribution is -2.41. The van der Waals surface area contributed by atoms with Crippen LogP contribution < -0.4 is 10.1 Å². The smallest absolute Gasteiger partial charge is 0.253 e. The minimum atomic E-state index is -0.0229. The van der Waals surface area contributed by atoms with Gasteiger partial charge in [0.15, 0.2) is 0 Å². The summed E-state index contributed by atoms with van der Waals surface area (Å²) in [5.74, 6) is 1.65. The van der Waals surface area contributed by atoms with Gasteiger partial charge in [0, 0.05) is 17.9 Å². The number of hydrogen-bond acceptors (Lipinski definition) is 7. The van der Waals surface area contributed by atoms with E-state index in [0.29, 0.717) is 17.5 Å². The van der Waals surface area contributed by atoms with E-state index in [-0.39, 0.29) is 17.7 Å². The van der Waals surface area contributed by atoms with Crippen LogP contribution in [0.25, 0.3) is 5.78 Å². The Morgan fingerprint density at radius 2 is 1.91 bits per heavy atom. The first-order valence-corrected chi connectivity index (χ1v) is 12.0. The molecule has 170 valence electrons. The second-order valence-corrected chi connectivity index (χ2v) is 9.07. The van der Waals surface area contributed by atoms with Gasteiger partial charge in [0.25, 0.3) is 5.78 Å². The third kappa shape index (κ3) is 5.39. The zero-order chi connectivity index (χ0) is 22.5. The molecule has 3 heterocycles. The number of likely N-dealkylation sites (tertiary alicyclic amines) is 1. The Kier molecular flexibility index (Phi) is 7.26. The molecule has 3 aromatic rings. The number of benzene rings is 1. The zero-order valence-electron chi connectivity index (χ0n) is 18.9. The molecule has 1 saturated heterocycles. The molecule has 0 saturated carbocycles. The van der Waals surface area contributed by atoms with E-state index in [1.54, 1.807) is 11.6 Å². The molecule has 32 heavy (non-hydrogen) atoms. The third-order valence-electron chi connectivity index (χ3n) is 5.76. The molecule has 0 bridgehead atoms. The summed E-state index contributed by atoms with van der Waals surface area (Å²) in [5.41, 5.74) is 3.07. The molecular weight excluding hydrogens is 424 g/mol. The molecule has 1 aliphatic heterocycles. The lowest BCUT2D eigenvalue weighted by molar-refractivity contribution is -0.118. The highest BCUT2D eigenvalue weighted by Gasteiger charge is 2.23. The number of hydrogen-bond donors (Lipinski definition) is 1. The molecule has 0 spiro atoms. The highest BCUT2D eigenvalue weighted by atomic mass is 32.2. The van der Waals surface area contributed by atoms with Gasteiger partial charge in [-0.3, -0.25) is 9.69 Å². The fourth-order valence-corrected chi connectivity index (χ4v) is 4.76. The predicted octanol–water partition coefficient (Wildman–Crippen LogP) is 3.19. The number of ether oxygens (including phenoxy) is 1. The average molecular weight is 455 g/mol. The van der Waals surface area contributed by atoms with Crippen molar-refractivity contribution in [2.24, 2.45) is 0 Å². The van der Waals surface area contributed by atoms with Gasteiger partial charge >= 0.3 is 0 Å². The fourth-order valence-electron chi connectivity index (χ4n) is 4.11. The highest BCUT2D eigenvalue weighted by Crippen LogP contribution is 2.26. The lowest BCUT2D eigenvalue weighted by Gasteiger charge is -2.35. The Morgan fingerprint density at radius 3 is 2.62 bits per heavy atom. The summed E-state index contributed by atoms with van der Waals surface area (Å²) in [6.07, 6.45) is 3.67. The van der Waals surface area contributed by atoms with Gasteiger partial charge in [0.2, 0.25) is 11.1 Å². The van der Waals surface area contributed by atoms with Crippen LogP contribution in [0, 0.1) is 13.8 Å². The number of methoxy groups -OCH3 is 1. The number of fused-ring (bicyclic) bond motifs is 1. The van der Waals surface area contributed by atoms with Gasteiger partial charge in [0.05, 0.1) is 18.9 Å². The topological polar surface area (TPSA) is 84.6 Å². The molecule has 2 aromatic heterocycles. The van der Waals surface area contributed by atoms with Crippen LogP contribution in [-0.2, 0) is 4.79 Å². The van der Waals surface area contributed by atoms with Crippen LogP contribution in [0.2, 0.25) is 0 Å². The quantitative estimate of drug-likeness (QED) is 0.523. The standard InChI is InChI=1S/C23H30N6O2S/c1-16-13-17(2)29-22(25-16)26-23(27-29)32-15-21(30)24-14-20(28-11-5-4-6-12-28)18-7-9-19(31-3)10-8-18/h7-10,13,20H,4-6,11-12,14-15H2,1-3H3,(H,24,30)/t20-/m1/s1. The van der Waals surface area contributed by atoms with Gasteiger partial charge in [-0.2, -0.15) is 4.98 Å². The van der Waals surface area contributed by atoms with Crippen LogP contribution in [0.3, 0.4) is 0 Å². The Bertz CT molecular complexity index is 1060. The number of rotatable bonds is 8. The minimum absolute atomic E-state index is 0.0229. The van der Waals surface area contributed by atoms with Gasteiger partial charge in [-0.1, -0.05) is 30.3 Å². The van der Waals surface area contributed by atoms with Crippen molar-refractivity contribution in [1.29, 1.82) is 0 Å². The molecule has 1 atom stereocenters. The Balaban J connectivity index is 1.37. The maximum atomic E-state index is 12.6. The van der Waals surface area contributed by atoms with Crippen LogP contribution >= 0.6 is 11.8 Å². The SMILES string of the molecule is COc1ccc([C@@H](CNC(=O)CSc2nc3nc(C)cc(C)n3n2)N2CCCCC2)cc1. The van der Waals surface area contributed by atoms with Crippen molar-refractivity contribution in [3.63, 3.8) is 0 Å². The zero-order valence-corrected chi connectivity index (χ0v) is 19.7. The van der Waals surface area contributed by atoms with Crippen LogP contribution in [-0.4, -0.2) is 62.9 Å². The minimum Gasteiger partial charge on any atom is -0.497 e. The number of carbonyl (C=O) groups is 1. The third-order valence-corrected chi connectivity index (χ3v) is 6.59. The first-order valence-electron chi connectivity index (χ1n) is 11.0. The number of piperidine rings is 1. The molecule has 8 nitrogen and oxygen atoms in total. The molecule has 0 aliphatic carbocycles. The maximum absolute atomic E-state index is 12.6. The van der Waals surface area contributed by atoms with E-state index in [1.807, 2.05) is 32.0 Å². The maximum Gasteiger partial charge on any atom is 0.253 e. The van der Waals surface area contributed by atoms with Gasteiger partial charge in [-0.05, 0) is 63.5 Å². The van der Waals surface area contributed by atoms with Crippen LogP contribution in [0.1, 0.15) is 42.3 Å². The van der Waals surface area contributed by atoms with Crippen molar-refractivity contribution in [1.82, 2.24) is 29.8 Å². The van der Waals surface area contributed by atoms with Crippen LogP contribution in [0.15, 0.2) is 35.5 Å². The number of aryl methyl sites for hydroxylation is 2. The summed E-state index contributed by atoms with van der Waals surface area (Å²) >= 11 is 1.33. The Labute approximate surface area is 192 Å². The van der Waals surface area contributed by atoms with E-state index in [1.165, 1.54) is 36.6 Å². The first-order chi connectivity index (χ1) is 15.5. The summed E-state index contributed by atoms with van der Waals surface area (Å²) in [6, 6.07) is 10.3. The monoisotopic (exact) mass is 454 g/mol. The van der Waals surface area contributed by atoms with E-state index >= 15 is 0 Å². The molecule has 9 heteroatoms. The largest absolute Gasteiger partial charge is 0.497 e. The molecule has 1 aliphatic rings.